The molecule has 0 aliphatic heterocycles. The number of aliphatic hydroxyl groups is 1. The van der Waals surface area contributed by atoms with E-state index in [4.69, 9.17) is 10.4 Å². The molecule has 0 fully saturated rings. The van der Waals surface area contributed by atoms with Crippen molar-refractivity contribution >= 4 is 11.9 Å². The van der Waals surface area contributed by atoms with Crippen molar-refractivity contribution in [2.45, 2.75) is 20.8 Å². The van der Waals surface area contributed by atoms with Gasteiger partial charge in [0.05, 0.1) is 17.9 Å². The molecular formula is C9H17NO5. The van der Waals surface area contributed by atoms with Gasteiger partial charge >= 0.3 is 5.97 Å². The number of nitrogens with one attached hydrogen (secondary N) is 1. The fraction of sp³-hybridized carbons (Fsp3) is 0.778. The van der Waals surface area contributed by atoms with E-state index in [1.807, 2.05) is 0 Å². The maximum Gasteiger partial charge on any atom is 0.348 e. The molecule has 15 heavy (non-hydrogen) atoms. The van der Waals surface area contributed by atoms with Crippen LogP contribution in [-0.2, 0) is 14.5 Å². The molecule has 0 bridgehead atoms. The largest absolute Gasteiger partial charge is 0.395 e. The van der Waals surface area contributed by atoms with E-state index in [1.54, 1.807) is 6.92 Å². The first-order valence-electron chi connectivity index (χ1n) is 4.62. The SMILES string of the molecule is CC(C(=O)NCCO)C(C)(C)C(=O)OO. The van der Waals surface area contributed by atoms with Crippen LogP contribution in [0, 0.1) is 11.3 Å². The summed E-state index contributed by atoms with van der Waals surface area (Å²) in [6.45, 7) is 4.50. The van der Waals surface area contributed by atoms with Crippen LogP contribution < -0.4 is 5.32 Å². The van der Waals surface area contributed by atoms with Gasteiger partial charge in [0.25, 0.3) is 0 Å². The number of amides is 1. The Hall–Kier alpha value is -1.14. The highest BCUT2D eigenvalue weighted by molar-refractivity contribution is 5.86. The fourth-order valence-electron chi connectivity index (χ4n) is 0.954. The lowest BCUT2D eigenvalue weighted by molar-refractivity contribution is -0.246. The van der Waals surface area contributed by atoms with E-state index in [9.17, 15) is 9.59 Å². The Morgan fingerprint density at radius 3 is 2.40 bits per heavy atom. The van der Waals surface area contributed by atoms with Crippen LogP contribution >= 0.6 is 0 Å². The second kappa shape index (κ2) is 5.67. The standard InChI is InChI=1S/C9H17NO5/c1-6(7(12)10-4-5-11)9(2,3)8(13)15-14/h6,11,14H,4-5H2,1-3H3,(H,10,12). The van der Waals surface area contributed by atoms with Gasteiger partial charge in [-0.15, -0.1) is 0 Å². The van der Waals surface area contributed by atoms with Gasteiger partial charge in [-0.25, -0.2) is 4.79 Å². The van der Waals surface area contributed by atoms with Crippen molar-refractivity contribution in [3.63, 3.8) is 0 Å². The van der Waals surface area contributed by atoms with Crippen molar-refractivity contribution in [2.75, 3.05) is 13.2 Å². The third kappa shape index (κ3) is 3.49. The molecule has 6 heteroatoms. The molecule has 0 aromatic heterocycles. The van der Waals surface area contributed by atoms with Gasteiger partial charge in [-0.05, 0) is 13.8 Å². The molecule has 0 radical (unpaired) electrons. The number of hydrogen-bond acceptors (Lipinski definition) is 5. The summed E-state index contributed by atoms with van der Waals surface area (Å²) in [5.74, 6) is -1.91. The predicted molar refractivity (Wildman–Crippen MR) is 51.8 cm³/mol. The van der Waals surface area contributed by atoms with Crippen LogP contribution in [0.2, 0.25) is 0 Å². The first-order chi connectivity index (χ1) is 6.87. The van der Waals surface area contributed by atoms with Crippen LogP contribution in [0.1, 0.15) is 20.8 Å². The van der Waals surface area contributed by atoms with Gasteiger partial charge in [0.1, 0.15) is 0 Å². The lowest BCUT2D eigenvalue weighted by Gasteiger charge is -2.26. The summed E-state index contributed by atoms with van der Waals surface area (Å²) in [5, 5.41) is 19.2. The minimum Gasteiger partial charge on any atom is -0.395 e. The van der Waals surface area contributed by atoms with Crippen molar-refractivity contribution in [1.82, 2.24) is 5.32 Å². The normalized spacial score (nSPS) is 13.1. The molecule has 0 spiro atoms. The Balaban J connectivity index is 4.47. The zero-order chi connectivity index (χ0) is 12.1. The maximum atomic E-state index is 11.5. The van der Waals surface area contributed by atoms with Gasteiger partial charge in [-0.2, -0.15) is 5.26 Å². The Labute approximate surface area is 88.2 Å². The fourth-order valence-corrected chi connectivity index (χ4v) is 0.954. The third-order valence-corrected chi connectivity index (χ3v) is 2.50. The van der Waals surface area contributed by atoms with E-state index >= 15 is 0 Å². The lowest BCUT2D eigenvalue weighted by atomic mass is 9.79. The quantitative estimate of drug-likeness (QED) is 0.438. The zero-order valence-corrected chi connectivity index (χ0v) is 9.11. The second-order valence-corrected chi connectivity index (χ2v) is 3.84. The molecule has 88 valence electrons. The number of aliphatic hydroxyl groups excluding tert-OH is 1. The number of carbonyl (C=O) groups is 2. The zero-order valence-electron chi connectivity index (χ0n) is 9.11. The van der Waals surface area contributed by atoms with Gasteiger partial charge < -0.3 is 15.3 Å². The Kier molecular flexibility index (Phi) is 5.24. The molecule has 0 rings (SSSR count). The summed E-state index contributed by atoms with van der Waals surface area (Å²) in [6.07, 6.45) is 0. The molecular weight excluding hydrogens is 202 g/mol. The second-order valence-electron chi connectivity index (χ2n) is 3.84. The van der Waals surface area contributed by atoms with Gasteiger partial charge in [0, 0.05) is 6.54 Å². The lowest BCUT2D eigenvalue weighted by Crippen LogP contribution is -2.43. The predicted octanol–water partition coefficient (Wildman–Crippen LogP) is -0.227. The van der Waals surface area contributed by atoms with Gasteiger partial charge in [-0.3, -0.25) is 4.79 Å². The summed E-state index contributed by atoms with van der Waals surface area (Å²) in [7, 11) is 0. The van der Waals surface area contributed by atoms with E-state index in [-0.39, 0.29) is 19.1 Å². The van der Waals surface area contributed by atoms with Crippen LogP contribution in [0.4, 0.5) is 0 Å². The van der Waals surface area contributed by atoms with Crippen molar-refractivity contribution in [2.24, 2.45) is 11.3 Å². The van der Waals surface area contributed by atoms with E-state index in [2.05, 4.69) is 10.2 Å². The van der Waals surface area contributed by atoms with Crippen molar-refractivity contribution in [3.8, 4) is 0 Å². The molecule has 1 unspecified atom stereocenters. The smallest absolute Gasteiger partial charge is 0.348 e. The molecule has 1 amide bonds. The Morgan fingerprint density at radius 2 is 2.00 bits per heavy atom. The van der Waals surface area contributed by atoms with E-state index in [1.165, 1.54) is 13.8 Å². The third-order valence-electron chi connectivity index (χ3n) is 2.50. The highest BCUT2D eigenvalue weighted by Gasteiger charge is 2.40. The first kappa shape index (κ1) is 13.9. The van der Waals surface area contributed by atoms with Crippen LogP contribution in [0.15, 0.2) is 0 Å². The summed E-state index contributed by atoms with van der Waals surface area (Å²) < 4.78 is 0. The average Bonchev–Trinajstić information content (AvgIpc) is 2.23. The molecule has 0 saturated carbocycles. The van der Waals surface area contributed by atoms with Crippen LogP contribution in [-0.4, -0.2) is 35.4 Å². The molecule has 0 aliphatic carbocycles. The van der Waals surface area contributed by atoms with Crippen molar-refractivity contribution in [3.05, 3.63) is 0 Å². The molecule has 0 aromatic rings. The summed E-state index contributed by atoms with van der Waals surface area (Å²) in [4.78, 5) is 26.2. The van der Waals surface area contributed by atoms with Crippen LogP contribution in [0.3, 0.4) is 0 Å². The van der Waals surface area contributed by atoms with E-state index in [0.717, 1.165) is 0 Å². The van der Waals surface area contributed by atoms with Crippen LogP contribution in [0.25, 0.3) is 0 Å². The molecule has 6 nitrogen and oxygen atoms in total. The summed E-state index contributed by atoms with van der Waals surface area (Å²) in [6, 6.07) is 0. The molecule has 0 saturated heterocycles. The average molecular weight is 219 g/mol. The summed E-state index contributed by atoms with van der Waals surface area (Å²) in [5.41, 5.74) is -1.12. The highest BCUT2D eigenvalue weighted by Crippen LogP contribution is 2.27. The van der Waals surface area contributed by atoms with E-state index in [0.29, 0.717) is 0 Å². The topological polar surface area (TPSA) is 95.9 Å². The number of hydrogen-bond donors (Lipinski definition) is 3. The molecule has 0 aliphatic rings. The molecule has 3 N–H and O–H groups in total. The minimum atomic E-state index is -1.12. The first-order valence-corrected chi connectivity index (χ1v) is 4.62. The number of carbonyl (C=O) groups excluding carboxylic acids is 2. The molecule has 0 heterocycles. The number of rotatable bonds is 5. The monoisotopic (exact) mass is 219 g/mol. The van der Waals surface area contributed by atoms with Gasteiger partial charge in [-0.1, -0.05) is 6.92 Å². The Bertz CT molecular complexity index is 239. The molecule has 0 aromatic carbocycles. The van der Waals surface area contributed by atoms with Gasteiger partial charge in [0.2, 0.25) is 5.91 Å². The van der Waals surface area contributed by atoms with E-state index < -0.39 is 17.3 Å². The minimum absolute atomic E-state index is 0.132. The summed E-state index contributed by atoms with van der Waals surface area (Å²) >= 11 is 0. The maximum absolute atomic E-state index is 11.5. The van der Waals surface area contributed by atoms with Crippen LogP contribution in [0.5, 0.6) is 0 Å². The Morgan fingerprint density at radius 1 is 1.47 bits per heavy atom. The highest BCUT2D eigenvalue weighted by atomic mass is 17.1. The van der Waals surface area contributed by atoms with Crippen molar-refractivity contribution < 1.29 is 24.8 Å². The molecule has 1 atom stereocenters. The van der Waals surface area contributed by atoms with Crippen molar-refractivity contribution in [1.29, 1.82) is 0 Å². The van der Waals surface area contributed by atoms with Gasteiger partial charge in [0.15, 0.2) is 0 Å².